The van der Waals surface area contributed by atoms with Gasteiger partial charge in [0.15, 0.2) is 17.3 Å². The fraction of sp³-hybridized carbons (Fsp3) is 0.158. The van der Waals surface area contributed by atoms with Crippen LogP contribution < -0.4 is 0 Å². The van der Waals surface area contributed by atoms with E-state index >= 15 is 0 Å². The second-order valence-electron chi connectivity index (χ2n) is 5.21. The monoisotopic (exact) mass is 326 g/mol. The Morgan fingerprint density at radius 2 is 1.75 bits per heavy atom. The highest BCUT2D eigenvalue weighted by atomic mass is 16.5. The molecule has 124 valence electrons. The summed E-state index contributed by atoms with van der Waals surface area (Å²) < 4.78 is 4.88. The van der Waals surface area contributed by atoms with E-state index in [1.165, 1.54) is 24.3 Å². The lowest BCUT2D eigenvalue weighted by atomic mass is 10.1. The van der Waals surface area contributed by atoms with Crippen LogP contribution in [0.3, 0.4) is 0 Å². The maximum Gasteiger partial charge on any atom is 0.331 e. The summed E-state index contributed by atoms with van der Waals surface area (Å²) in [5.41, 5.74) is 1.59. The maximum atomic E-state index is 11.7. The number of esters is 1. The molecule has 2 aromatic rings. The molecule has 0 aromatic heterocycles. The van der Waals surface area contributed by atoms with Crippen LogP contribution in [0.1, 0.15) is 17.5 Å². The number of ketones is 1. The largest absolute Gasteiger partial charge is 0.504 e. The number of carbonyl (C=O) groups excluding carboxylic acids is 2. The van der Waals surface area contributed by atoms with Gasteiger partial charge in [0.2, 0.25) is 0 Å². The average Bonchev–Trinajstić information content (AvgIpc) is 2.60. The molecule has 0 aliphatic heterocycles. The third-order valence-corrected chi connectivity index (χ3v) is 3.32. The number of Topliss-reactive ketones (excluding diaryl/α,β-unsaturated/α-hetero) is 1. The summed E-state index contributed by atoms with van der Waals surface area (Å²) in [7, 11) is 0. The molecule has 0 heterocycles. The van der Waals surface area contributed by atoms with Crippen LogP contribution in [0.5, 0.6) is 11.5 Å². The molecule has 24 heavy (non-hydrogen) atoms. The number of aryl methyl sites for hydroxylation is 1. The molecule has 0 radical (unpaired) electrons. The van der Waals surface area contributed by atoms with E-state index in [1.807, 2.05) is 30.3 Å². The molecule has 5 nitrogen and oxygen atoms in total. The van der Waals surface area contributed by atoms with E-state index < -0.39 is 5.97 Å². The molecule has 2 aromatic carbocycles. The number of phenols is 2. The van der Waals surface area contributed by atoms with Gasteiger partial charge in [0.25, 0.3) is 0 Å². The van der Waals surface area contributed by atoms with Crippen LogP contribution in [0.2, 0.25) is 0 Å². The van der Waals surface area contributed by atoms with E-state index in [0.717, 1.165) is 11.6 Å². The quantitative estimate of drug-likeness (QED) is 0.464. The number of carbonyl (C=O) groups is 2. The van der Waals surface area contributed by atoms with Gasteiger partial charge in [-0.3, -0.25) is 4.79 Å². The average molecular weight is 326 g/mol. The Labute approximate surface area is 139 Å². The third-order valence-electron chi connectivity index (χ3n) is 3.32. The van der Waals surface area contributed by atoms with Gasteiger partial charge in [-0.1, -0.05) is 36.4 Å². The van der Waals surface area contributed by atoms with Crippen LogP contribution in [-0.4, -0.2) is 28.6 Å². The first-order chi connectivity index (χ1) is 11.5. The predicted molar refractivity (Wildman–Crippen MR) is 89.5 cm³/mol. The first kappa shape index (κ1) is 17.3. The van der Waals surface area contributed by atoms with Crippen molar-refractivity contribution in [3.05, 3.63) is 65.7 Å². The molecule has 0 spiro atoms. The van der Waals surface area contributed by atoms with E-state index in [2.05, 4.69) is 0 Å². The van der Waals surface area contributed by atoms with Crippen LogP contribution >= 0.6 is 0 Å². The zero-order valence-electron chi connectivity index (χ0n) is 13.0. The first-order valence-corrected chi connectivity index (χ1v) is 7.47. The molecule has 2 N–H and O–H groups in total. The van der Waals surface area contributed by atoms with Crippen molar-refractivity contribution in [3.8, 4) is 11.5 Å². The van der Waals surface area contributed by atoms with Crippen molar-refractivity contribution in [1.29, 1.82) is 0 Å². The molecule has 0 aliphatic rings. The first-order valence-electron chi connectivity index (χ1n) is 7.47. The van der Waals surface area contributed by atoms with Gasteiger partial charge in [0.1, 0.15) is 6.61 Å². The second kappa shape index (κ2) is 8.53. The molecule has 0 bridgehead atoms. The number of aromatic hydroxyl groups is 2. The smallest absolute Gasteiger partial charge is 0.331 e. The van der Waals surface area contributed by atoms with E-state index in [0.29, 0.717) is 18.4 Å². The number of rotatable bonds is 7. The molecule has 0 atom stereocenters. The standard InChI is InChI=1S/C19H18O5/c20-16(9-6-14-4-2-1-3-5-14)13-24-19(23)11-8-15-7-10-17(21)18(22)12-15/h1-5,7-8,10-12,21-22H,6,9,13H2/b11-8+. The molecule has 5 heteroatoms. The highest BCUT2D eigenvalue weighted by Gasteiger charge is 2.06. The minimum Gasteiger partial charge on any atom is -0.504 e. The summed E-state index contributed by atoms with van der Waals surface area (Å²) in [6.07, 6.45) is 3.51. The lowest BCUT2D eigenvalue weighted by Gasteiger charge is -2.02. The Morgan fingerprint density at radius 3 is 2.46 bits per heavy atom. The molecule has 0 fully saturated rings. The molecular weight excluding hydrogens is 308 g/mol. The SMILES string of the molecule is O=C(CCc1ccccc1)COC(=O)/C=C/c1ccc(O)c(O)c1. The third kappa shape index (κ3) is 5.61. The topological polar surface area (TPSA) is 83.8 Å². The molecule has 0 saturated heterocycles. The molecule has 2 rings (SSSR count). The van der Waals surface area contributed by atoms with Crippen molar-refractivity contribution < 1.29 is 24.5 Å². The molecule has 0 saturated carbocycles. The fourth-order valence-corrected chi connectivity index (χ4v) is 2.01. The van der Waals surface area contributed by atoms with E-state index in [1.54, 1.807) is 0 Å². The van der Waals surface area contributed by atoms with Crippen LogP contribution in [0.15, 0.2) is 54.6 Å². The van der Waals surface area contributed by atoms with Crippen molar-refractivity contribution in [3.63, 3.8) is 0 Å². The molecule has 0 unspecified atom stereocenters. The van der Waals surface area contributed by atoms with Gasteiger partial charge in [-0.15, -0.1) is 0 Å². The van der Waals surface area contributed by atoms with Gasteiger partial charge in [-0.2, -0.15) is 0 Å². The number of ether oxygens (including phenoxy) is 1. The second-order valence-corrected chi connectivity index (χ2v) is 5.21. The molecular formula is C19H18O5. The Kier molecular flexibility index (Phi) is 6.14. The zero-order valence-corrected chi connectivity index (χ0v) is 13.0. The molecule has 0 aliphatic carbocycles. The van der Waals surface area contributed by atoms with Crippen molar-refractivity contribution >= 4 is 17.8 Å². The van der Waals surface area contributed by atoms with Gasteiger partial charge in [-0.25, -0.2) is 4.79 Å². The normalized spacial score (nSPS) is 10.7. The van der Waals surface area contributed by atoms with Crippen molar-refractivity contribution in [2.45, 2.75) is 12.8 Å². The van der Waals surface area contributed by atoms with Gasteiger partial charge in [0, 0.05) is 12.5 Å². The predicted octanol–water partition coefficient (Wildman–Crippen LogP) is 2.86. The summed E-state index contributed by atoms with van der Waals surface area (Å²) in [6.45, 7) is -0.267. The summed E-state index contributed by atoms with van der Waals surface area (Å²) in [5.74, 6) is -1.31. The minimum absolute atomic E-state index is 0.150. The summed E-state index contributed by atoms with van der Waals surface area (Å²) >= 11 is 0. The lowest BCUT2D eigenvalue weighted by Crippen LogP contribution is -2.12. The Balaban J connectivity index is 1.75. The fourth-order valence-electron chi connectivity index (χ4n) is 2.01. The Bertz CT molecular complexity index is 735. The molecule has 0 amide bonds. The van der Waals surface area contributed by atoms with E-state index in [9.17, 15) is 19.8 Å². The van der Waals surface area contributed by atoms with Crippen molar-refractivity contribution in [2.75, 3.05) is 6.61 Å². The van der Waals surface area contributed by atoms with Crippen LogP contribution in [-0.2, 0) is 20.7 Å². The minimum atomic E-state index is -0.643. The Morgan fingerprint density at radius 1 is 1.00 bits per heavy atom. The van der Waals surface area contributed by atoms with Crippen LogP contribution in [0, 0.1) is 0 Å². The van der Waals surface area contributed by atoms with Crippen molar-refractivity contribution in [2.24, 2.45) is 0 Å². The highest BCUT2D eigenvalue weighted by Crippen LogP contribution is 2.25. The lowest BCUT2D eigenvalue weighted by molar-refractivity contribution is -0.143. The van der Waals surface area contributed by atoms with Gasteiger partial charge < -0.3 is 14.9 Å². The summed E-state index contributed by atoms with van der Waals surface area (Å²) in [4.78, 5) is 23.3. The number of phenolic OH excluding ortho intramolecular Hbond substituents is 2. The van der Waals surface area contributed by atoms with Crippen LogP contribution in [0.25, 0.3) is 6.08 Å². The Hall–Kier alpha value is -3.08. The van der Waals surface area contributed by atoms with E-state index in [-0.39, 0.29) is 23.9 Å². The van der Waals surface area contributed by atoms with Crippen molar-refractivity contribution in [1.82, 2.24) is 0 Å². The van der Waals surface area contributed by atoms with Crippen LogP contribution in [0.4, 0.5) is 0 Å². The highest BCUT2D eigenvalue weighted by molar-refractivity contribution is 5.89. The number of hydrogen-bond donors (Lipinski definition) is 2. The summed E-state index contributed by atoms with van der Waals surface area (Å²) in [6, 6.07) is 13.8. The zero-order chi connectivity index (χ0) is 17.4. The number of benzene rings is 2. The van der Waals surface area contributed by atoms with Gasteiger partial charge in [-0.05, 0) is 35.8 Å². The van der Waals surface area contributed by atoms with Gasteiger partial charge in [0.05, 0.1) is 0 Å². The maximum absolute atomic E-state index is 11.7. The van der Waals surface area contributed by atoms with E-state index in [4.69, 9.17) is 4.74 Å². The number of hydrogen-bond acceptors (Lipinski definition) is 5. The van der Waals surface area contributed by atoms with Gasteiger partial charge >= 0.3 is 5.97 Å². The summed E-state index contributed by atoms with van der Waals surface area (Å²) in [5, 5.41) is 18.5.